The van der Waals surface area contributed by atoms with E-state index in [9.17, 15) is 0 Å². The topological polar surface area (TPSA) is 61.0 Å². The Kier molecular flexibility index (Phi) is 2.89. The number of aromatic nitrogens is 3. The summed E-state index contributed by atoms with van der Waals surface area (Å²) in [5.74, 6) is 1.95. The number of aryl methyl sites for hydroxylation is 2. The molecule has 0 radical (unpaired) electrons. The number of rotatable bonds is 3. The normalized spacial score (nSPS) is 28.4. The van der Waals surface area contributed by atoms with Crippen LogP contribution in [0.4, 0.5) is 0 Å². The average molecular weight is 291 g/mol. The third-order valence-corrected chi connectivity index (χ3v) is 5.24. The van der Waals surface area contributed by atoms with Crippen LogP contribution in [0.3, 0.4) is 0 Å². The van der Waals surface area contributed by atoms with E-state index >= 15 is 0 Å². The Labute approximate surface area is 121 Å². The molecule has 106 valence electrons. The minimum atomic E-state index is 0.404. The van der Waals surface area contributed by atoms with E-state index in [4.69, 9.17) is 9.26 Å². The first-order valence-electron chi connectivity index (χ1n) is 7.12. The monoisotopic (exact) mass is 291 g/mol. The molecule has 0 spiro atoms. The lowest BCUT2D eigenvalue weighted by molar-refractivity contribution is 0.0913. The number of hydrogen-bond acceptors (Lipinski definition) is 6. The summed E-state index contributed by atoms with van der Waals surface area (Å²) < 4.78 is 15.6. The van der Waals surface area contributed by atoms with Crippen molar-refractivity contribution in [3.05, 3.63) is 16.5 Å². The maximum Gasteiger partial charge on any atom is 0.227 e. The van der Waals surface area contributed by atoms with Crippen LogP contribution in [0.25, 0.3) is 11.4 Å². The summed E-state index contributed by atoms with van der Waals surface area (Å²) in [5, 5.41) is 4.12. The van der Waals surface area contributed by atoms with Crippen LogP contribution >= 0.6 is 11.5 Å². The van der Waals surface area contributed by atoms with Crippen LogP contribution in [-0.2, 0) is 11.2 Å². The summed E-state index contributed by atoms with van der Waals surface area (Å²) >= 11 is 1.49. The molecular weight excluding hydrogens is 274 g/mol. The van der Waals surface area contributed by atoms with Crippen LogP contribution in [0.5, 0.6) is 0 Å². The number of nitrogens with zero attached hydrogens (tertiary/aromatic N) is 3. The molecule has 5 nitrogen and oxygen atoms in total. The number of hydrogen-bond donors (Lipinski definition) is 0. The Morgan fingerprint density at radius 1 is 1.30 bits per heavy atom. The zero-order chi connectivity index (χ0) is 13.7. The van der Waals surface area contributed by atoms with Crippen molar-refractivity contribution < 1.29 is 9.26 Å². The van der Waals surface area contributed by atoms with Gasteiger partial charge in [0.15, 0.2) is 0 Å². The first-order valence-corrected chi connectivity index (χ1v) is 7.89. The van der Waals surface area contributed by atoms with Crippen LogP contribution in [0.1, 0.15) is 35.7 Å². The van der Waals surface area contributed by atoms with Gasteiger partial charge in [0.05, 0.1) is 23.5 Å². The molecule has 2 aliphatic heterocycles. The molecule has 0 amide bonds. The molecule has 4 rings (SSSR count). The van der Waals surface area contributed by atoms with E-state index in [1.54, 1.807) is 0 Å². The minimum Gasteiger partial charge on any atom is -0.375 e. The highest BCUT2D eigenvalue weighted by molar-refractivity contribution is 7.06. The van der Waals surface area contributed by atoms with Gasteiger partial charge >= 0.3 is 0 Å². The van der Waals surface area contributed by atoms with Crippen LogP contribution in [0.15, 0.2) is 4.52 Å². The van der Waals surface area contributed by atoms with Gasteiger partial charge in [-0.3, -0.25) is 0 Å². The first-order chi connectivity index (χ1) is 9.70. The predicted octanol–water partition coefficient (Wildman–Crippen LogP) is 2.92. The molecule has 4 heterocycles. The van der Waals surface area contributed by atoms with Gasteiger partial charge in [-0.15, -0.1) is 0 Å². The summed E-state index contributed by atoms with van der Waals surface area (Å²) in [6, 6.07) is 0. The summed E-state index contributed by atoms with van der Waals surface area (Å²) in [6.07, 6.45) is 5.25. The van der Waals surface area contributed by atoms with Gasteiger partial charge in [-0.2, -0.15) is 9.36 Å². The van der Waals surface area contributed by atoms with E-state index in [1.165, 1.54) is 24.4 Å². The molecule has 2 saturated heterocycles. The van der Waals surface area contributed by atoms with Crippen molar-refractivity contribution in [3.63, 3.8) is 0 Å². The predicted molar refractivity (Wildman–Crippen MR) is 74.6 cm³/mol. The van der Waals surface area contributed by atoms with Gasteiger partial charge in [-0.05, 0) is 50.6 Å². The first kappa shape index (κ1) is 12.5. The van der Waals surface area contributed by atoms with E-state index in [0.29, 0.717) is 24.0 Å². The van der Waals surface area contributed by atoms with Gasteiger partial charge in [0.1, 0.15) is 0 Å². The fourth-order valence-electron chi connectivity index (χ4n) is 3.42. The highest BCUT2D eigenvalue weighted by atomic mass is 32.1. The lowest BCUT2D eigenvalue weighted by Crippen LogP contribution is -2.18. The van der Waals surface area contributed by atoms with Crippen molar-refractivity contribution in [2.24, 2.45) is 5.92 Å². The lowest BCUT2D eigenvalue weighted by atomic mass is 9.87. The van der Waals surface area contributed by atoms with Crippen LogP contribution < -0.4 is 0 Å². The second-order valence-electron chi connectivity index (χ2n) is 5.78. The number of ether oxygens (including phenoxy) is 1. The molecule has 2 aromatic heterocycles. The Bertz CT molecular complexity index is 617. The Morgan fingerprint density at radius 3 is 2.85 bits per heavy atom. The fourth-order valence-corrected chi connectivity index (χ4v) is 4.12. The van der Waals surface area contributed by atoms with Crippen LogP contribution in [0, 0.1) is 19.8 Å². The SMILES string of the molecule is Cc1nsc(C)c1-c1noc(CC2CC3CCC2O3)n1. The summed E-state index contributed by atoms with van der Waals surface area (Å²) in [6.45, 7) is 4.03. The van der Waals surface area contributed by atoms with E-state index < -0.39 is 0 Å². The maximum atomic E-state index is 5.88. The summed E-state index contributed by atoms with van der Waals surface area (Å²) in [5.41, 5.74) is 2.00. The average Bonchev–Trinajstić information content (AvgIpc) is 3.16. The van der Waals surface area contributed by atoms with Crippen molar-refractivity contribution >= 4 is 11.5 Å². The standard InChI is InChI=1S/C14H17N3O2S/c1-7-13(8(2)20-17-7)14-15-12(19-16-14)6-9-5-10-3-4-11(9)18-10/h9-11H,3-6H2,1-2H3. The molecule has 2 aliphatic rings. The molecule has 2 fully saturated rings. The number of fused-ring (bicyclic) bond motifs is 2. The van der Waals surface area contributed by atoms with Gasteiger partial charge in [0, 0.05) is 11.3 Å². The Hall–Kier alpha value is -1.27. The molecule has 2 aromatic rings. The summed E-state index contributed by atoms with van der Waals surface area (Å²) in [4.78, 5) is 5.69. The van der Waals surface area contributed by atoms with Crippen molar-refractivity contribution in [1.82, 2.24) is 14.5 Å². The van der Waals surface area contributed by atoms with Crippen molar-refractivity contribution in [3.8, 4) is 11.4 Å². The fraction of sp³-hybridized carbons (Fsp3) is 0.643. The Morgan fingerprint density at radius 2 is 2.20 bits per heavy atom. The Balaban J connectivity index is 1.54. The van der Waals surface area contributed by atoms with E-state index in [-0.39, 0.29) is 0 Å². The second kappa shape index (κ2) is 4.63. The van der Waals surface area contributed by atoms with Crippen molar-refractivity contribution in [2.75, 3.05) is 0 Å². The molecule has 0 saturated carbocycles. The van der Waals surface area contributed by atoms with E-state index in [2.05, 4.69) is 14.5 Å². The van der Waals surface area contributed by atoms with Crippen molar-refractivity contribution in [2.45, 2.75) is 51.7 Å². The molecule has 0 aromatic carbocycles. The van der Waals surface area contributed by atoms with Gasteiger partial charge in [0.2, 0.25) is 11.7 Å². The maximum absolute atomic E-state index is 5.88. The molecule has 3 atom stereocenters. The smallest absolute Gasteiger partial charge is 0.227 e. The molecule has 6 heteroatoms. The molecule has 3 unspecified atom stereocenters. The zero-order valence-corrected chi connectivity index (χ0v) is 12.4. The zero-order valence-electron chi connectivity index (χ0n) is 11.6. The molecule has 0 N–H and O–H groups in total. The van der Waals surface area contributed by atoms with Crippen molar-refractivity contribution in [1.29, 1.82) is 0 Å². The lowest BCUT2D eigenvalue weighted by Gasteiger charge is -2.15. The quantitative estimate of drug-likeness (QED) is 0.870. The van der Waals surface area contributed by atoms with Gasteiger partial charge in [-0.25, -0.2) is 0 Å². The van der Waals surface area contributed by atoms with Crippen LogP contribution in [-0.4, -0.2) is 26.7 Å². The van der Waals surface area contributed by atoms with E-state index in [1.807, 2.05) is 13.8 Å². The van der Waals surface area contributed by atoms with E-state index in [0.717, 1.165) is 34.9 Å². The minimum absolute atomic E-state index is 0.404. The highest BCUT2D eigenvalue weighted by Gasteiger charge is 2.41. The molecule has 2 bridgehead atoms. The third kappa shape index (κ3) is 1.98. The second-order valence-corrected chi connectivity index (χ2v) is 6.76. The van der Waals surface area contributed by atoms with Gasteiger partial charge < -0.3 is 9.26 Å². The van der Waals surface area contributed by atoms with Gasteiger partial charge in [0.25, 0.3) is 0 Å². The van der Waals surface area contributed by atoms with Gasteiger partial charge in [-0.1, -0.05) is 5.16 Å². The highest BCUT2D eigenvalue weighted by Crippen LogP contribution is 2.40. The van der Waals surface area contributed by atoms with Crippen LogP contribution in [0.2, 0.25) is 0 Å². The summed E-state index contributed by atoms with van der Waals surface area (Å²) in [7, 11) is 0. The molecular formula is C14H17N3O2S. The molecule has 0 aliphatic carbocycles. The molecule has 20 heavy (non-hydrogen) atoms. The largest absolute Gasteiger partial charge is 0.375 e. The third-order valence-electron chi connectivity index (χ3n) is 4.39.